The fraction of sp³-hybridized carbons (Fsp3) is 0.316. The van der Waals surface area contributed by atoms with E-state index in [1.807, 2.05) is 24.5 Å². The molecule has 0 aliphatic carbocycles. The summed E-state index contributed by atoms with van der Waals surface area (Å²) in [4.78, 5) is 8.88. The third-order valence-corrected chi connectivity index (χ3v) is 4.89. The Kier molecular flexibility index (Phi) is 5.90. The highest BCUT2D eigenvalue weighted by molar-refractivity contribution is 7.92. The molecular weight excluding hydrogens is 348 g/mol. The van der Waals surface area contributed by atoms with Crippen LogP contribution in [0.5, 0.6) is 0 Å². The van der Waals surface area contributed by atoms with Crippen LogP contribution in [0.25, 0.3) is 6.08 Å². The highest BCUT2D eigenvalue weighted by Crippen LogP contribution is 2.15. The van der Waals surface area contributed by atoms with E-state index in [1.165, 1.54) is 5.69 Å². The molecule has 0 saturated carbocycles. The number of nitrogens with zero attached hydrogens (tertiary/aromatic N) is 3. The first kappa shape index (κ1) is 18.4. The van der Waals surface area contributed by atoms with Gasteiger partial charge in [0.15, 0.2) is 0 Å². The Morgan fingerprint density at radius 2 is 1.69 bits per heavy atom. The molecule has 2 aromatic rings. The molecule has 26 heavy (non-hydrogen) atoms. The number of aromatic nitrogens is 1. The Balaban J connectivity index is 1.46. The van der Waals surface area contributed by atoms with E-state index in [2.05, 4.69) is 43.8 Å². The van der Waals surface area contributed by atoms with Crippen molar-refractivity contribution in [3.63, 3.8) is 0 Å². The van der Waals surface area contributed by atoms with E-state index in [9.17, 15) is 8.42 Å². The quantitative estimate of drug-likeness (QED) is 0.843. The molecule has 2 heterocycles. The number of anilines is 2. The summed E-state index contributed by atoms with van der Waals surface area (Å²) in [7, 11) is -3.23. The lowest BCUT2D eigenvalue weighted by atomic mass is 10.2. The third kappa shape index (κ3) is 5.57. The maximum atomic E-state index is 11.2. The summed E-state index contributed by atoms with van der Waals surface area (Å²) in [6.45, 7) is 5.01. The molecule has 0 amide bonds. The molecule has 6 nitrogen and oxygen atoms in total. The van der Waals surface area contributed by atoms with Crippen LogP contribution in [0.4, 0.5) is 11.4 Å². The van der Waals surface area contributed by atoms with Crippen molar-refractivity contribution in [1.82, 2.24) is 9.88 Å². The fourth-order valence-corrected chi connectivity index (χ4v) is 3.52. The highest BCUT2D eigenvalue weighted by atomic mass is 32.2. The summed E-state index contributed by atoms with van der Waals surface area (Å²) in [5, 5.41) is 0. The number of rotatable bonds is 6. The molecule has 3 rings (SSSR count). The first-order chi connectivity index (χ1) is 12.5. The topological polar surface area (TPSA) is 65.5 Å². The Morgan fingerprint density at radius 3 is 2.31 bits per heavy atom. The van der Waals surface area contributed by atoms with Gasteiger partial charge in [0.05, 0.1) is 6.26 Å². The summed E-state index contributed by atoms with van der Waals surface area (Å²) in [5.41, 5.74) is 2.87. The standard InChI is InChI=1S/C19H24N4O2S/c1-26(24,25)21-18-6-4-17(5-7-18)3-2-12-22-13-15-23(16-14-22)19-8-10-20-11-9-19/h2-11,21H,12-16H2,1H3/b3-2+. The second-order valence-electron chi connectivity index (χ2n) is 6.39. The van der Waals surface area contributed by atoms with Gasteiger partial charge in [-0.1, -0.05) is 24.3 Å². The first-order valence-electron chi connectivity index (χ1n) is 8.61. The average molecular weight is 372 g/mol. The van der Waals surface area contributed by atoms with Gasteiger partial charge >= 0.3 is 0 Å². The van der Waals surface area contributed by atoms with Crippen molar-refractivity contribution in [3.8, 4) is 0 Å². The minimum Gasteiger partial charge on any atom is -0.369 e. The fourth-order valence-electron chi connectivity index (χ4n) is 2.96. The lowest BCUT2D eigenvalue weighted by Gasteiger charge is -2.35. The van der Waals surface area contributed by atoms with Gasteiger partial charge in [-0.15, -0.1) is 0 Å². The van der Waals surface area contributed by atoms with E-state index < -0.39 is 10.0 Å². The Labute approximate surface area is 155 Å². The van der Waals surface area contributed by atoms with Crippen molar-refractivity contribution in [3.05, 3.63) is 60.4 Å². The number of hydrogen-bond acceptors (Lipinski definition) is 5. The third-order valence-electron chi connectivity index (χ3n) is 4.29. The van der Waals surface area contributed by atoms with E-state index in [0.717, 1.165) is 44.5 Å². The SMILES string of the molecule is CS(=O)(=O)Nc1ccc(/C=C/CN2CCN(c3ccncc3)CC2)cc1. The van der Waals surface area contributed by atoms with Gasteiger partial charge in [0.25, 0.3) is 0 Å². The normalized spacial score (nSPS) is 16.1. The van der Waals surface area contributed by atoms with Crippen molar-refractivity contribution in [2.24, 2.45) is 0 Å². The van der Waals surface area contributed by atoms with Gasteiger partial charge in [-0.3, -0.25) is 14.6 Å². The van der Waals surface area contributed by atoms with Crippen LogP contribution in [0.15, 0.2) is 54.9 Å². The van der Waals surface area contributed by atoms with E-state index in [-0.39, 0.29) is 0 Å². The molecule has 0 spiro atoms. The molecule has 0 bridgehead atoms. The van der Waals surface area contributed by atoms with Crippen LogP contribution in [0.1, 0.15) is 5.56 Å². The van der Waals surface area contributed by atoms with Gasteiger partial charge in [-0.2, -0.15) is 0 Å². The molecule has 0 unspecified atom stereocenters. The van der Waals surface area contributed by atoms with E-state index in [4.69, 9.17) is 0 Å². The summed E-state index contributed by atoms with van der Waals surface area (Å²) in [6.07, 6.45) is 9.04. The molecule has 138 valence electrons. The predicted octanol–water partition coefficient (Wildman–Crippen LogP) is 2.29. The van der Waals surface area contributed by atoms with Crippen LogP contribution in [-0.2, 0) is 10.0 Å². The zero-order valence-corrected chi connectivity index (χ0v) is 15.7. The first-order valence-corrected chi connectivity index (χ1v) is 10.5. The van der Waals surface area contributed by atoms with Gasteiger partial charge in [-0.25, -0.2) is 8.42 Å². The van der Waals surface area contributed by atoms with Gasteiger partial charge < -0.3 is 4.90 Å². The number of sulfonamides is 1. The Bertz CT molecular complexity index is 828. The number of hydrogen-bond donors (Lipinski definition) is 1. The lowest BCUT2D eigenvalue weighted by Crippen LogP contribution is -2.46. The maximum Gasteiger partial charge on any atom is 0.229 e. The number of nitrogens with one attached hydrogen (secondary N) is 1. The molecular formula is C19H24N4O2S. The number of benzene rings is 1. The summed E-state index contributed by atoms with van der Waals surface area (Å²) < 4.78 is 24.9. The average Bonchev–Trinajstić information content (AvgIpc) is 2.63. The van der Waals surface area contributed by atoms with Crippen molar-refractivity contribution < 1.29 is 8.42 Å². The van der Waals surface area contributed by atoms with Crippen molar-refractivity contribution in [1.29, 1.82) is 0 Å². The van der Waals surface area contributed by atoms with Gasteiger partial charge in [0.2, 0.25) is 10.0 Å². The zero-order chi connectivity index (χ0) is 18.4. The van der Waals surface area contributed by atoms with Crippen LogP contribution in [0.2, 0.25) is 0 Å². The van der Waals surface area contributed by atoms with Gasteiger partial charge in [0.1, 0.15) is 0 Å². The highest BCUT2D eigenvalue weighted by Gasteiger charge is 2.15. The Morgan fingerprint density at radius 1 is 1.04 bits per heavy atom. The molecule has 0 radical (unpaired) electrons. The second kappa shape index (κ2) is 8.33. The molecule has 1 aliphatic rings. The summed E-state index contributed by atoms with van der Waals surface area (Å²) >= 11 is 0. The van der Waals surface area contributed by atoms with Crippen molar-refractivity contribution in [2.75, 3.05) is 48.6 Å². The molecule has 1 saturated heterocycles. The van der Waals surface area contributed by atoms with Crippen LogP contribution >= 0.6 is 0 Å². The molecule has 1 aromatic carbocycles. The lowest BCUT2D eigenvalue weighted by molar-refractivity contribution is 0.284. The van der Waals surface area contributed by atoms with Crippen LogP contribution in [0.3, 0.4) is 0 Å². The molecule has 1 aliphatic heterocycles. The van der Waals surface area contributed by atoms with Crippen molar-refractivity contribution >= 4 is 27.5 Å². The van der Waals surface area contributed by atoms with Crippen molar-refractivity contribution in [2.45, 2.75) is 0 Å². The van der Waals surface area contributed by atoms with Crippen LogP contribution in [-0.4, -0.2) is 57.3 Å². The maximum absolute atomic E-state index is 11.2. The van der Waals surface area contributed by atoms with E-state index in [0.29, 0.717) is 5.69 Å². The minimum atomic E-state index is -3.23. The van der Waals surface area contributed by atoms with Gasteiger partial charge in [0, 0.05) is 56.5 Å². The number of pyridine rings is 1. The summed E-state index contributed by atoms with van der Waals surface area (Å²) in [6, 6.07) is 11.5. The monoisotopic (exact) mass is 372 g/mol. The largest absolute Gasteiger partial charge is 0.369 e. The smallest absolute Gasteiger partial charge is 0.229 e. The Hall–Kier alpha value is -2.38. The molecule has 1 aromatic heterocycles. The van der Waals surface area contributed by atoms with Crippen LogP contribution in [0, 0.1) is 0 Å². The number of piperazine rings is 1. The minimum absolute atomic E-state index is 0.580. The molecule has 7 heteroatoms. The second-order valence-corrected chi connectivity index (χ2v) is 8.14. The molecule has 1 fully saturated rings. The summed E-state index contributed by atoms with van der Waals surface area (Å²) in [5.74, 6) is 0. The van der Waals surface area contributed by atoms with E-state index in [1.54, 1.807) is 12.1 Å². The van der Waals surface area contributed by atoms with Crippen LogP contribution < -0.4 is 9.62 Å². The van der Waals surface area contributed by atoms with Gasteiger partial charge in [-0.05, 0) is 29.8 Å². The molecule has 0 atom stereocenters. The molecule has 1 N–H and O–H groups in total. The zero-order valence-electron chi connectivity index (χ0n) is 14.9. The van der Waals surface area contributed by atoms with E-state index >= 15 is 0 Å². The predicted molar refractivity (Wildman–Crippen MR) is 107 cm³/mol.